The van der Waals surface area contributed by atoms with Crippen molar-refractivity contribution >= 4 is 19.2 Å². The maximum atomic E-state index is 11.0. The Bertz CT molecular complexity index is 371. The van der Waals surface area contributed by atoms with Gasteiger partial charge in [-0.3, -0.25) is 4.79 Å². The molecule has 1 unspecified atom stereocenters. The minimum absolute atomic E-state index is 0.280. The summed E-state index contributed by atoms with van der Waals surface area (Å²) in [4.78, 5) is 11.0. The Labute approximate surface area is 105 Å². The number of rotatable bonds is 5. The maximum absolute atomic E-state index is 11.0. The largest absolute Gasteiger partial charge is 0.481 e. The Morgan fingerprint density at radius 1 is 1.24 bits per heavy atom. The third-order valence-corrected chi connectivity index (χ3v) is 8.19. The van der Waals surface area contributed by atoms with Gasteiger partial charge in [0.15, 0.2) is 0 Å². The van der Waals surface area contributed by atoms with Crippen LogP contribution in [-0.4, -0.2) is 19.1 Å². The van der Waals surface area contributed by atoms with Crippen LogP contribution in [0.4, 0.5) is 0 Å². The predicted molar refractivity (Wildman–Crippen MR) is 74.4 cm³/mol. The van der Waals surface area contributed by atoms with Gasteiger partial charge in [0.2, 0.25) is 0 Å². The van der Waals surface area contributed by atoms with Gasteiger partial charge in [-0.05, 0) is 11.5 Å². The molecule has 17 heavy (non-hydrogen) atoms. The van der Waals surface area contributed by atoms with Crippen molar-refractivity contribution in [1.82, 2.24) is 0 Å². The van der Waals surface area contributed by atoms with Crippen LogP contribution in [0.5, 0.6) is 0 Å². The lowest BCUT2D eigenvalue weighted by Crippen LogP contribution is -2.48. The molecule has 0 bridgehead atoms. The van der Waals surface area contributed by atoms with E-state index in [4.69, 9.17) is 5.11 Å². The summed E-state index contributed by atoms with van der Waals surface area (Å²) in [6.45, 7) is 8.81. The minimum Gasteiger partial charge on any atom is -0.481 e. The summed E-state index contributed by atoms with van der Waals surface area (Å²) in [6.07, 6.45) is 0.284. The molecular weight excluding hydrogens is 228 g/mol. The first-order valence-electron chi connectivity index (χ1n) is 6.13. The van der Waals surface area contributed by atoms with Crippen molar-refractivity contribution in [3.05, 3.63) is 30.3 Å². The lowest BCUT2D eigenvalue weighted by atomic mass is 10.1. The molecule has 0 saturated carbocycles. The molecule has 0 aliphatic heterocycles. The van der Waals surface area contributed by atoms with Crippen LogP contribution in [0.25, 0.3) is 0 Å². The molecule has 1 N–H and O–H groups in total. The molecule has 0 spiro atoms. The van der Waals surface area contributed by atoms with E-state index in [0.717, 1.165) is 0 Å². The number of hydrogen-bond donors (Lipinski definition) is 1. The molecule has 0 radical (unpaired) electrons. The van der Waals surface area contributed by atoms with Gasteiger partial charge in [-0.15, -0.1) is 0 Å². The Morgan fingerprint density at radius 3 is 2.18 bits per heavy atom. The van der Waals surface area contributed by atoms with Crippen molar-refractivity contribution < 1.29 is 9.90 Å². The molecular formula is C14H22O2Si. The zero-order valence-electron chi connectivity index (χ0n) is 11.1. The molecule has 1 atom stereocenters. The summed E-state index contributed by atoms with van der Waals surface area (Å²) in [5.74, 6) is -0.270. The van der Waals surface area contributed by atoms with Crippen molar-refractivity contribution in [3.8, 4) is 0 Å². The molecule has 0 aromatic heterocycles. The number of hydrogen-bond acceptors (Lipinski definition) is 1. The van der Waals surface area contributed by atoms with Crippen LogP contribution >= 0.6 is 0 Å². The van der Waals surface area contributed by atoms with Gasteiger partial charge >= 0.3 is 5.97 Å². The molecule has 1 rings (SSSR count). The second-order valence-electron chi connectivity index (χ2n) is 5.54. The fraction of sp³-hybridized carbons (Fsp3) is 0.500. The Morgan fingerprint density at radius 2 is 1.76 bits per heavy atom. The maximum Gasteiger partial charge on any atom is 0.303 e. The zero-order valence-corrected chi connectivity index (χ0v) is 12.1. The molecule has 94 valence electrons. The van der Waals surface area contributed by atoms with E-state index in [0.29, 0.717) is 5.92 Å². The van der Waals surface area contributed by atoms with Crippen LogP contribution in [0.2, 0.25) is 18.6 Å². The Hall–Kier alpha value is -1.09. The average Bonchev–Trinajstić information content (AvgIpc) is 2.26. The van der Waals surface area contributed by atoms with Crippen molar-refractivity contribution in [2.24, 2.45) is 5.92 Å². The van der Waals surface area contributed by atoms with E-state index in [9.17, 15) is 4.79 Å². The lowest BCUT2D eigenvalue weighted by molar-refractivity contribution is -0.137. The lowest BCUT2D eigenvalue weighted by Gasteiger charge is -2.35. The highest BCUT2D eigenvalue weighted by atomic mass is 28.3. The van der Waals surface area contributed by atoms with E-state index in [1.54, 1.807) is 0 Å². The van der Waals surface area contributed by atoms with Crippen molar-refractivity contribution in [3.63, 3.8) is 0 Å². The normalized spacial score (nSPS) is 13.7. The van der Waals surface area contributed by atoms with Gasteiger partial charge < -0.3 is 5.11 Å². The van der Waals surface area contributed by atoms with Crippen LogP contribution in [0.15, 0.2) is 30.3 Å². The first-order chi connectivity index (χ1) is 7.85. The van der Waals surface area contributed by atoms with Crippen LogP contribution < -0.4 is 5.19 Å². The molecule has 1 aromatic carbocycles. The van der Waals surface area contributed by atoms with E-state index in [1.807, 2.05) is 18.2 Å². The number of carboxylic acids is 1. The highest BCUT2D eigenvalue weighted by Crippen LogP contribution is 2.32. The summed E-state index contributed by atoms with van der Waals surface area (Å²) in [7, 11) is -1.72. The molecule has 2 nitrogen and oxygen atoms in total. The van der Waals surface area contributed by atoms with Gasteiger partial charge in [0, 0.05) is 6.42 Å². The van der Waals surface area contributed by atoms with Gasteiger partial charge in [-0.25, -0.2) is 0 Å². The van der Waals surface area contributed by atoms with E-state index < -0.39 is 14.0 Å². The second kappa shape index (κ2) is 5.49. The van der Waals surface area contributed by atoms with Crippen molar-refractivity contribution in [2.75, 3.05) is 0 Å². The second-order valence-corrected chi connectivity index (χ2v) is 10.3. The average molecular weight is 250 g/mol. The standard InChI is InChI=1S/C14H22O2Si/c1-11(2)13(10-14(15)16)17(3,4)12-8-6-5-7-9-12/h5-9,11,13H,10H2,1-4H3,(H,15,16). The molecule has 0 aliphatic rings. The highest BCUT2D eigenvalue weighted by molar-refractivity contribution is 6.91. The summed E-state index contributed by atoms with van der Waals surface area (Å²) in [5, 5.41) is 10.4. The summed E-state index contributed by atoms with van der Waals surface area (Å²) in [6, 6.07) is 10.4. The van der Waals surface area contributed by atoms with E-state index >= 15 is 0 Å². The molecule has 0 fully saturated rings. The molecule has 0 saturated heterocycles. The van der Waals surface area contributed by atoms with Crippen LogP contribution in [0, 0.1) is 5.92 Å². The number of carbonyl (C=O) groups is 1. The smallest absolute Gasteiger partial charge is 0.303 e. The summed E-state index contributed by atoms with van der Waals surface area (Å²) < 4.78 is 0. The third-order valence-electron chi connectivity index (χ3n) is 3.64. The van der Waals surface area contributed by atoms with Gasteiger partial charge in [-0.2, -0.15) is 0 Å². The monoisotopic (exact) mass is 250 g/mol. The van der Waals surface area contributed by atoms with E-state index in [1.165, 1.54) is 5.19 Å². The molecule has 1 aromatic rings. The zero-order chi connectivity index (χ0) is 13.1. The van der Waals surface area contributed by atoms with Crippen molar-refractivity contribution in [1.29, 1.82) is 0 Å². The van der Waals surface area contributed by atoms with Crippen LogP contribution in [-0.2, 0) is 4.79 Å². The minimum atomic E-state index is -1.72. The topological polar surface area (TPSA) is 37.3 Å². The molecule has 3 heteroatoms. The SMILES string of the molecule is CC(C)C(CC(=O)O)[Si](C)(C)c1ccccc1. The number of benzene rings is 1. The Kier molecular flexibility index (Phi) is 4.51. The van der Waals surface area contributed by atoms with Gasteiger partial charge in [0.1, 0.15) is 0 Å². The van der Waals surface area contributed by atoms with Crippen LogP contribution in [0.1, 0.15) is 20.3 Å². The summed E-state index contributed by atoms with van der Waals surface area (Å²) in [5.41, 5.74) is 0.280. The van der Waals surface area contributed by atoms with E-state index in [2.05, 4.69) is 39.1 Å². The van der Waals surface area contributed by atoms with Crippen LogP contribution in [0.3, 0.4) is 0 Å². The van der Waals surface area contributed by atoms with Gasteiger partial charge in [0.25, 0.3) is 0 Å². The highest BCUT2D eigenvalue weighted by Gasteiger charge is 2.36. The Balaban J connectivity index is 3.04. The molecule has 0 aliphatic carbocycles. The molecule has 0 amide bonds. The molecule has 0 heterocycles. The predicted octanol–water partition coefficient (Wildman–Crippen LogP) is 3.10. The first-order valence-corrected chi connectivity index (χ1v) is 9.20. The third kappa shape index (κ3) is 3.43. The first kappa shape index (κ1) is 14.0. The number of aliphatic carboxylic acids is 1. The van der Waals surface area contributed by atoms with Gasteiger partial charge in [-0.1, -0.05) is 62.5 Å². The van der Waals surface area contributed by atoms with Gasteiger partial charge in [0.05, 0.1) is 8.07 Å². The number of carboxylic acid groups (broad SMARTS) is 1. The summed E-state index contributed by atoms with van der Waals surface area (Å²) >= 11 is 0. The fourth-order valence-electron chi connectivity index (χ4n) is 2.59. The quantitative estimate of drug-likeness (QED) is 0.815. The van der Waals surface area contributed by atoms with E-state index in [-0.39, 0.29) is 12.0 Å². The van der Waals surface area contributed by atoms with Crippen molar-refractivity contribution in [2.45, 2.75) is 38.9 Å². The fourth-order valence-corrected chi connectivity index (χ4v) is 6.43.